The fourth-order valence-electron chi connectivity index (χ4n) is 3.26. The van der Waals surface area contributed by atoms with Crippen LogP contribution < -0.4 is 4.74 Å². The third kappa shape index (κ3) is 3.02. The van der Waals surface area contributed by atoms with Crippen LogP contribution in [-0.4, -0.2) is 43.2 Å². The number of carbonyl (C=O) groups is 1. The summed E-state index contributed by atoms with van der Waals surface area (Å²) < 4.78 is 24.0. The number of piperidine rings is 1. The number of likely N-dealkylation sites (tertiary alicyclic amines) is 1. The van der Waals surface area contributed by atoms with E-state index in [1.807, 2.05) is 0 Å². The van der Waals surface area contributed by atoms with Crippen LogP contribution in [0.1, 0.15) is 24.8 Å². The lowest BCUT2D eigenvalue weighted by Gasteiger charge is -2.34. The van der Waals surface area contributed by atoms with Crippen molar-refractivity contribution in [3.63, 3.8) is 0 Å². The average Bonchev–Trinajstić information content (AvgIpc) is 2.88. The second kappa shape index (κ2) is 6.02. The zero-order valence-electron chi connectivity index (χ0n) is 12.2. The van der Waals surface area contributed by atoms with Gasteiger partial charge in [-0.2, -0.15) is 0 Å². The van der Waals surface area contributed by atoms with Gasteiger partial charge in [0, 0.05) is 18.5 Å². The first kappa shape index (κ1) is 14.3. The van der Waals surface area contributed by atoms with E-state index in [0.29, 0.717) is 13.0 Å². The van der Waals surface area contributed by atoms with E-state index < -0.39 is 0 Å². The van der Waals surface area contributed by atoms with Gasteiger partial charge in [-0.05, 0) is 37.6 Å². The number of carbonyl (C=O) groups excluding carboxylic acids is 1. The maximum Gasteiger partial charge on any atom is 0.323 e. The van der Waals surface area contributed by atoms with E-state index >= 15 is 0 Å². The molecule has 0 saturated carbocycles. The molecule has 0 aliphatic carbocycles. The highest BCUT2D eigenvalue weighted by Gasteiger charge is 2.33. The Hall–Kier alpha value is -1.62. The smallest absolute Gasteiger partial charge is 0.323 e. The van der Waals surface area contributed by atoms with Gasteiger partial charge < -0.3 is 9.47 Å². The van der Waals surface area contributed by atoms with Crippen LogP contribution in [0, 0.1) is 5.82 Å². The molecular weight excluding hydrogens is 273 g/mol. The largest absolute Gasteiger partial charge is 0.488 e. The van der Waals surface area contributed by atoms with Crippen molar-refractivity contribution >= 4 is 5.97 Å². The Labute approximate surface area is 123 Å². The lowest BCUT2D eigenvalue weighted by molar-refractivity contribution is -0.148. The molecule has 0 radical (unpaired) electrons. The maximum absolute atomic E-state index is 13.2. The van der Waals surface area contributed by atoms with Gasteiger partial charge in [-0.25, -0.2) is 4.39 Å². The first-order valence-corrected chi connectivity index (χ1v) is 7.44. The molecule has 1 aromatic rings. The van der Waals surface area contributed by atoms with E-state index in [1.165, 1.54) is 19.2 Å². The minimum Gasteiger partial charge on any atom is -0.488 e. The molecule has 0 bridgehead atoms. The highest BCUT2D eigenvalue weighted by Crippen LogP contribution is 2.30. The van der Waals surface area contributed by atoms with Gasteiger partial charge in [0.2, 0.25) is 0 Å². The fourth-order valence-corrected chi connectivity index (χ4v) is 3.26. The molecule has 114 valence electrons. The van der Waals surface area contributed by atoms with Gasteiger partial charge in [0.25, 0.3) is 0 Å². The normalized spacial score (nSPS) is 25.2. The van der Waals surface area contributed by atoms with Crippen molar-refractivity contribution in [1.29, 1.82) is 0 Å². The van der Waals surface area contributed by atoms with Gasteiger partial charge in [0.15, 0.2) is 0 Å². The van der Waals surface area contributed by atoms with E-state index in [9.17, 15) is 9.18 Å². The van der Waals surface area contributed by atoms with E-state index in [2.05, 4.69) is 4.90 Å². The molecule has 2 aliphatic heterocycles. The summed E-state index contributed by atoms with van der Waals surface area (Å²) in [6, 6.07) is 4.45. The van der Waals surface area contributed by atoms with Crippen molar-refractivity contribution in [2.75, 3.05) is 20.2 Å². The minimum absolute atomic E-state index is 0.0212. The van der Waals surface area contributed by atoms with Crippen LogP contribution in [-0.2, 0) is 16.0 Å². The Morgan fingerprint density at radius 2 is 2.33 bits per heavy atom. The number of benzene rings is 1. The zero-order valence-corrected chi connectivity index (χ0v) is 12.2. The molecule has 2 atom stereocenters. The molecular formula is C16H20FNO3. The third-order valence-corrected chi connectivity index (χ3v) is 4.29. The summed E-state index contributed by atoms with van der Waals surface area (Å²) in [6.45, 7) is 1.56. The molecule has 21 heavy (non-hydrogen) atoms. The van der Waals surface area contributed by atoms with Crippen molar-refractivity contribution in [2.24, 2.45) is 0 Å². The van der Waals surface area contributed by atoms with Crippen LogP contribution >= 0.6 is 0 Å². The number of halogens is 1. The monoisotopic (exact) mass is 293 g/mol. The van der Waals surface area contributed by atoms with E-state index in [4.69, 9.17) is 9.47 Å². The predicted octanol–water partition coefficient (Wildman–Crippen LogP) is 2.16. The van der Waals surface area contributed by atoms with E-state index in [1.54, 1.807) is 6.07 Å². The Morgan fingerprint density at radius 3 is 3.14 bits per heavy atom. The van der Waals surface area contributed by atoms with E-state index in [0.717, 1.165) is 37.1 Å². The predicted molar refractivity (Wildman–Crippen MR) is 75.7 cm³/mol. The highest BCUT2D eigenvalue weighted by molar-refractivity contribution is 5.75. The van der Waals surface area contributed by atoms with Crippen molar-refractivity contribution < 1.29 is 18.7 Å². The fraction of sp³-hybridized carbons (Fsp3) is 0.562. The first-order valence-electron chi connectivity index (χ1n) is 7.44. The zero-order chi connectivity index (χ0) is 14.8. The molecule has 5 heteroatoms. The SMILES string of the molecule is COC(=O)[C@H]1CCCCN1CC1Cc2cc(F)ccc2O1. The molecule has 1 aromatic carbocycles. The number of ether oxygens (including phenoxy) is 2. The number of rotatable bonds is 3. The second-order valence-electron chi connectivity index (χ2n) is 5.73. The van der Waals surface area contributed by atoms with Gasteiger partial charge in [-0.1, -0.05) is 6.42 Å². The van der Waals surface area contributed by atoms with Gasteiger partial charge >= 0.3 is 5.97 Å². The number of esters is 1. The maximum atomic E-state index is 13.2. The Balaban J connectivity index is 1.65. The first-order chi connectivity index (χ1) is 10.2. The molecule has 0 spiro atoms. The number of nitrogens with zero attached hydrogens (tertiary/aromatic N) is 1. The van der Waals surface area contributed by atoms with Crippen LogP contribution in [0.5, 0.6) is 5.75 Å². The molecule has 0 aromatic heterocycles. The summed E-state index contributed by atoms with van der Waals surface area (Å²) in [4.78, 5) is 14.0. The molecule has 0 amide bonds. The Morgan fingerprint density at radius 1 is 1.48 bits per heavy atom. The van der Waals surface area contributed by atoms with Crippen molar-refractivity contribution in [1.82, 2.24) is 4.90 Å². The topological polar surface area (TPSA) is 38.8 Å². The summed E-state index contributed by atoms with van der Waals surface area (Å²) in [5.74, 6) is 0.354. The Bertz CT molecular complexity index is 534. The highest BCUT2D eigenvalue weighted by atomic mass is 19.1. The van der Waals surface area contributed by atoms with Crippen LogP contribution in [0.15, 0.2) is 18.2 Å². The van der Waals surface area contributed by atoms with Crippen molar-refractivity contribution in [3.8, 4) is 5.75 Å². The quantitative estimate of drug-likeness (QED) is 0.801. The summed E-state index contributed by atoms with van der Waals surface area (Å²) in [7, 11) is 1.43. The minimum atomic E-state index is -0.233. The van der Waals surface area contributed by atoms with Gasteiger partial charge in [0.05, 0.1) is 7.11 Å². The van der Waals surface area contributed by atoms with Crippen molar-refractivity contribution in [2.45, 2.75) is 37.8 Å². The molecule has 2 heterocycles. The standard InChI is InChI=1S/C16H20FNO3/c1-20-16(19)14-4-2-3-7-18(14)10-13-9-11-8-12(17)5-6-15(11)21-13/h5-6,8,13-14H,2-4,7,9-10H2,1H3/t13?,14-/m1/s1. The number of methoxy groups -OCH3 is 1. The van der Waals surface area contributed by atoms with Gasteiger partial charge in [0.1, 0.15) is 23.7 Å². The van der Waals surface area contributed by atoms with Crippen LogP contribution in [0.2, 0.25) is 0 Å². The lowest BCUT2D eigenvalue weighted by atomic mass is 10.0. The van der Waals surface area contributed by atoms with Crippen LogP contribution in [0.4, 0.5) is 4.39 Å². The molecule has 0 N–H and O–H groups in total. The van der Waals surface area contributed by atoms with Gasteiger partial charge in [-0.3, -0.25) is 9.69 Å². The molecule has 1 unspecified atom stereocenters. The lowest BCUT2D eigenvalue weighted by Crippen LogP contribution is -2.49. The van der Waals surface area contributed by atoms with E-state index in [-0.39, 0.29) is 23.9 Å². The number of hydrogen-bond acceptors (Lipinski definition) is 4. The number of fused-ring (bicyclic) bond motifs is 1. The summed E-state index contributed by atoms with van der Waals surface area (Å²) in [6.07, 6.45) is 3.64. The molecule has 4 nitrogen and oxygen atoms in total. The second-order valence-corrected chi connectivity index (χ2v) is 5.73. The number of hydrogen-bond donors (Lipinski definition) is 0. The van der Waals surface area contributed by atoms with Gasteiger partial charge in [-0.15, -0.1) is 0 Å². The van der Waals surface area contributed by atoms with Crippen LogP contribution in [0.3, 0.4) is 0 Å². The summed E-state index contributed by atoms with van der Waals surface area (Å²) in [5.41, 5.74) is 0.909. The summed E-state index contributed by atoms with van der Waals surface area (Å²) in [5, 5.41) is 0. The third-order valence-electron chi connectivity index (χ3n) is 4.29. The van der Waals surface area contributed by atoms with Crippen molar-refractivity contribution in [3.05, 3.63) is 29.6 Å². The summed E-state index contributed by atoms with van der Waals surface area (Å²) >= 11 is 0. The molecule has 3 rings (SSSR count). The molecule has 1 saturated heterocycles. The molecule has 1 fully saturated rings. The average molecular weight is 293 g/mol. The Kier molecular flexibility index (Phi) is 4.10. The van der Waals surface area contributed by atoms with Crippen LogP contribution in [0.25, 0.3) is 0 Å². The molecule has 2 aliphatic rings.